The Bertz CT molecular complexity index is 559. The molecule has 106 valence electrons. The lowest BCUT2D eigenvalue weighted by Gasteiger charge is -2.31. The van der Waals surface area contributed by atoms with Crippen LogP contribution in [0.3, 0.4) is 0 Å². The van der Waals surface area contributed by atoms with Crippen LogP contribution in [0.5, 0.6) is 0 Å². The average Bonchev–Trinajstić information content (AvgIpc) is 2.46. The quantitative estimate of drug-likeness (QED) is 0.881. The van der Waals surface area contributed by atoms with Gasteiger partial charge in [0.25, 0.3) is 0 Å². The maximum atomic E-state index is 9.86. The van der Waals surface area contributed by atoms with Crippen molar-refractivity contribution in [2.24, 2.45) is 0 Å². The molecule has 0 amide bonds. The summed E-state index contributed by atoms with van der Waals surface area (Å²) in [5, 5.41) is 19.7. The second kappa shape index (κ2) is 6.53. The van der Waals surface area contributed by atoms with E-state index in [9.17, 15) is 10.2 Å². The summed E-state index contributed by atoms with van der Waals surface area (Å²) < 4.78 is 1.00. The van der Waals surface area contributed by atoms with Crippen molar-refractivity contribution in [2.75, 3.05) is 13.2 Å². The van der Waals surface area contributed by atoms with E-state index in [1.165, 1.54) is 5.56 Å². The van der Waals surface area contributed by atoms with E-state index in [4.69, 9.17) is 0 Å². The summed E-state index contributed by atoms with van der Waals surface area (Å²) in [4.78, 5) is 0. The van der Waals surface area contributed by atoms with Gasteiger partial charge in [0.05, 0.1) is 13.2 Å². The Labute approximate surface area is 128 Å². The van der Waals surface area contributed by atoms with Crippen molar-refractivity contribution in [1.82, 2.24) is 0 Å². The number of benzene rings is 2. The highest BCUT2D eigenvalue weighted by Gasteiger charge is 2.31. The molecular weight excluding hydrogens is 316 g/mol. The second-order valence-corrected chi connectivity index (χ2v) is 6.18. The molecule has 0 heterocycles. The molecule has 0 aliphatic carbocycles. The van der Waals surface area contributed by atoms with E-state index in [0.717, 1.165) is 15.6 Å². The van der Waals surface area contributed by atoms with Gasteiger partial charge in [0, 0.05) is 9.89 Å². The number of rotatable bonds is 5. The van der Waals surface area contributed by atoms with Crippen molar-refractivity contribution in [3.8, 4) is 0 Å². The lowest BCUT2D eigenvalue weighted by molar-refractivity contribution is 0.116. The predicted octanol–water partition coefficient (Wildman–Crippen LogP) is 3.22. The fourth-order valence-corrected chi connectivity index (χ4v) is 2.84. The number of hydrogen-bond donors (Lipinski definition) is 2. The summed E-state index contributed by atoms with van der Waals surface area (Å²) in [5.41, 5.74) is 2.58. The highest BCUT2D eigenvalue weighted by molar-refractivity contribution is 9.10. The first-order valence-corrected chi connectivity index (χ1v) is 7.42. The van der Waals surface area contributed by atoms with Crippen LogP contribution in [0.15, 0.2) is 53.0 Å². The van der Waals surface area contributed by atoms with Crippen LogP contribution in [0, 0.1) is 6.92 Å². The Morgan fingerprint density at radius 1 is 1.00 bits per heavy atom. The number of halogens is 1. The van der Waals surface area contributed by atoms with Crippen LogP contribution in [-0.4, -0.2) is 23.4 Å². The Morgan fingerprint density at radius 3 is 2.20 bits per heavy atom. The molecule has 0 unspecified atom stereocenters. The summed E-state index contributed by atoms with van der Waals surface area (Å²) in [6.07, 6.45) is 0.600. The number of aliphatic hydroxyl groups excluding tert-OH is 2. The summed E-state index contributed by atoms with van der Waals surface area (Å²) in [6.45, 7) is 1.86. The molecule has 2 nitrogen and oxygen atoms in total. The van der Waals surface area contributed by atoms with Gasteiger partial charge in [-0.25, -0.2) is 0 Å². The highest BCUT2D eigenvalue weighted by Crippen LogP contribution is 2.29. The molecule has 20 heavy (non-hydrogen) atoms. The van der Waals surface area contributed by atoms with E-state index in [2.05, 4.69) is 15.9 Å². The van der Waals surface area contributed by atoms with Crippen LogP contribution in [0.25, 0.3) is 0 Å². The van der Waals surface area contributed by atoms with Crippen molar-refractivity contribution in [3.05, 3.63) is 69.7 Å². The maximum absolute atomic E-state index is 9.86. The van der Waals surface area contributed by atoms with Crippen LogP contribution in [-0.2, 0) is 11.8 Å². The number of aliphatic hydroxyl groups is 2. The fourth-order valence-electron chi connectivity index (χ4n) is 2.39. The number of hydrogen-bond acceptors (Lipinski definition) is 2. The Hall–Kier alpha value is -1.16. The molecule has 0 atom stereocenters. The monoisotopic (exact) mass is 334 g/mol. The standard InChI is InChI=1S/C17H19BrO2/c1-13-5-7-15(8-6-13)17(11-19,12-20)10-14-3-2-4-16(18)9-14/h2-9,19-20H,10-12H2,1H3. The van der Waals surface area contributed by atoms with Crippen molar-refractivity contribution < 1.29 is 10.2 Å². The zero-order valence-electron chi connectivity index (χ0n) is 11.5. The van der Waals surface area contributed by atoms with Gasteiger partial charge >= 0.3 is 0 Å². The minimum absolute atomic E-state index is 0.0843. The maximum Gasteiger partial charge on any atom is 0.0553 e. The molecule has 0 saturated heterocycles. The van der Waals surface area contributed by atoms with Crippen LogP contribution < -0.4 is 0 Å². The zero-order chi connectivity index (χ0) is 14.6. The van der Waals surface area contributed by atoms with Gasteiger partial charge in [0.2, 0.25) is 0 Å². The normalized spacial score (nSPS) is 11.6. The number of aryl methyl sites for hydroxylation is 1. The van der Waals surface area contributed by atoms with Gasteiger partial charge in [0.1, 0.15) is 0 Å². The minimum Gasteiger partial charge on any atom is -0.395 e. The van der Waals surface area contributed by atoms with Crippen molar-refractivity contribution in [3.63, 3.8) is 0 Å². The first-order chi connectivity index (χ1) is 9.59. The molecule has 3 heteroatoms. The van der Waals surface area contributed by atoms with E-state index in [0.29, 0.717) is 6.42 Å². The van der Waals surface area contributed by atoms with Gasteiger partial charge in [-0.3, -0.25) is 0 Å². The van der Waals surface area contributed by atoms with Gasteiger partial charge in [-0.15, -0.1) is 0 Å². The Morgan fingerprint density at radius 2 is 1.65 bits per heavy atom. The minimum atomic E-state index is -0.644. The van der Waals surface area contributed by atoms with E-state index >= 15 is 0 Å². The molecule has 2 aromatic carbocycles. The molecule has 0 spiro atoms. The van der Waals surface area contributed by atoms with Crippen LogP contribution in [0.4, 0.5) is 0 Å². The van der Waals surface area contributed by atoms with E-state index in [-0.39, 0.29) is 13.2 Å². The average molecular weight is 335 g/mol. The zero-order valence-corrected chi connectivity index (χ0v) is 13.1. The third-order valence-electron chi connectivity index (χ3n) is 3.70. The first-order valence-electron chi connectivity index (χ1n) is 6.63. The van der Waals surface area contributed by atoms with Crippen LogP contribution in [0.2, 0.25) is 0 Å². The molecule has 0 fully saturated rings. The van der Waals surface area contributed by atoms with Crippen molar-refractivity contribution in [2.45, 2.75) is 18.8 Å². The van der Waals surface area contributed by atoms with Gasteiger partial charge in [-0.05, 0) is 36.6 Å². The van der Waals surface area contributed by atoms with Gasteiger partial charge in [-0.2, -0.15) is 0 Å². The molecule has 0 bridgehead atoms. The lowest BCUT2D eigenvalue weighted by Crippen LogP contribution is -2.37. The topological polar surface area (TPSA) is 40.5 Å². The molecule has 2 aromatic rings. The largest absolute Gasteiger partial charge is 0.395 e. The third-order valence-corrected chi connectivity index (χ3v) is 4.19. The molecule has 2 N–H and O–H groups in total. The Balaban J connectivity index is 2.36. The van der Waals surface area contributed by atoms with Crippen LogP contribution >= 0.6 is 15.9 Å². The van der Waals surface area contributed by atoms with Crippen molar-refractivity contribution >= 4 is 15.9 Å². The smallest absolute Gasteiger partial charge is 0.0553 e. The van der Waals surface area contributed by atoms with Crippen LogP contribution in [0.1, 0.15) is 16.7 Å². The molecule has 2 rings (SSSR count). The first kappa shape index (κ1) is 15.2. The van der Waals surface area contributed by atoms with Gasteiger partial charge in [0.15, 0.2) is 0 Å². The molecule has 0 aromatic heterocycles. The SMILES string of the molecule is Cc1ccc(C(CO)(CO)Cc2cccc(Br)c2)cc1. The summed E-state index contributed by atoms with van der Waals surface area (Å²) in [6, 6.07) is 16.0. The summed E-state index contributed by atoms with van der Waals surface area (Å²) in [5.74, 6) is 0. The molecule has 0 saturated carbocycles. The summed E-state index contributed by atoms with van der Waals surface area (Å²) in [7, 11) is 0. The molecular formula is C17H19BrO2. The second-order valence-electron chi connectivity index (χ2n) is 5.27. The lowest BCUT2D eigenvalue weighted by atomic mass is 9.76. The van der Waals surface area contributed by atoms with Gasteiger partial charge < -0.3 is 10.2 Å². The van der Waals surface area contributed by atoms with E-state index in [1.807, 2.05) is 55.5 Å². The van der Waals surface area contributed by atoms with Crippen molar-refractivity contribution in [1.29, 1.82) is 0 Å². The van der Waals surface area contributed by atoms with Gasteiger partial charge in [-0.1, -0.05) is 57.9 Å². The Kier molecular flexibility index (Phi) is 4.97. The third kappa shape index (κ3) is 3.29. The molecule has 0 aliphatic heterocycles. The molecule has 0 aliphatic rings. The molecule has 0 radical (unpaired) electrons. The predicted molar refractivity (Wildman–Crippen MR) is 84.9 cm³/mol. The fraction of sp³-hybridized carbons (Fsp3) is 0.294. The highest BCUT2D eigenvalue weighted by atomic mass is 79.9. The van der Waals surface area contributed by atoms with E-state index < -0.39 is 5.41 Å². The summed E-state index contributed by atoms with van der Waals surface area (Å²) >= 11 is 3.45. The van der Waals surface area contributed by atoms with E-state index in [1.54, 1.807) is 0 Å².